The van der Waals surface area contributed by atoms with Crippen molar-refractivity contribution in [3.63, 3.8) is 0 Å². The number of pyridine rings is 1. The average molecular weight is 693 g/mol. The van der Waals surface area contributed by atoms with Crippen LogP contribution in [0.2, 0.25) is 0 Å². The monoisotopic (exact) mass is 692 g/mol. The standard InChI is InChI=1S/C47H56N4O/c1-10-14-34-23-24-48-44(25-34)50-41-18-12-11-17-39(41)40-21-20-37(29-43(40)50)52-38-27-35(47(7,8)9)26-36(28-38)51-42(22-19-30(2)3)46(33(6)49-51)45-31(4)15-13-16-32(45)5/h11-12,15,17-18,20-21,23-30,32,45H,10,13-14,16,19,22H2,1-9H3/t32-,45-/m0/s1. The van der Waals surface area contributed by atoms with E-state index in [0.717, 1.165) is 65.4 Å². The Kier molecular flexibility index (Phi) is 9.91. The van der Waals surface area contributed by atoms with Crippen LogP contribution in [0.1, 0.15) is 115 Å². The zero-order chi connectivity index (χ0) is 36.7. The molecule has 0 unspecified atom stereocenters. The summed E-state index contributed by atoms with van der Waals surface area (Å²) in [6, 6.07) is 26.2. The van der Waals surface area contributed by atoms with E-state index in [-0.39, 0.29) is 5.41 Å². The molecule has 0 N–H and O–H groups in total. The number of fused-ring (bicyclic) bond motifs is 3. The normalized spacial score (nSPS) is 16.6. The van der Waals surface area contributed by atoms with Gasteiger partial charge in [0.05, 0.1) is 22.4 Å². The fraction of sp³-hybridized carbons (Fsp3) is 0.404. The summed E-state index contributed by atoms with van der Waals surface area (Å²) in [4.78, 5) is 4.86. The lowest BCUT2D eigenvalue weighted by Crippen LogP contribution is -2.18. The largest absolute Gasteiger partial charge is 0.457 e. The number of para-hydroxylation sites is 1. The van der Waals surface area contributed by atoms with Gasteiger partial charge < -0.3 is 4.74 Å². The van der Waals surface area contributed by atoms with Gasteiger partial charge in [0.1, 0.15) is 17.3 Å². The van der Waals surface area contributed by atoms with Crippen LogP contribution in [0.25, 0.3) is 33.3 Å². The molecule has 5 nitrogen and oxygen atoms in total. The SMILES string of the molecule is CCCc1ccnc(-n2c3ccccc3c3ccc(Oc4cc(-n5nc(C)c([C@H]6C(C)=CCC[C@@H]6C)c5CCC(C)C)cc(C(C)(C)C)c4)cc32)c1. The van der Waals surface area contributed by atoms with Crippen molar-refractivity contribution >= 4 is 21.8 Å². The quantitative estimate of drug-likeness (QED) is 0.134. The van der Waals surface area contributed by atoms with Crippen LogP contribution >= 0.6 is 0 Å². The third kappa shape index (κ3) is 6.95. The molecule has 5 heteroatoms. The van der Waals surface area contributed by atoms with Crippen molar-refractivity contribution in [1.82, 2.24) is 19.3 Å². The lowest BCUT2D eigenvalue weighted by molar-refractivity contribution is 0.445. The molecule has 3 heterocycles. The highest BCUT2D eigenvalue weighted by atomic mass is 16.5. The molecule has 1 aliphatic rings. The van der Waals surface area contributed by atoms with Crippen LogP contribution in [0.3, 0.4) is 0 Å². The minimum absolute atomic E-state index is 0.0833. The highest BCUT2D eigenvalue weighted by molar-refractivity contribution is 6.09. The molecule has 0 radical (unpaired) electrons. The molecule has 52 heavy (non-hydrogen) atoms. The van der Waals surface area contributed by atoms with Gasteiger partial charge in [-0.1, -0.05) is 84.7 Å². The Hall–Kier alpha value is -4.64. The van der Waals surface area contributed by atoms with E-state index in [1.807, 2.05) is 6.20 Å². The van der Waals surface area contributed by atoms with Gasteiger partial charge in [-0.2, -0.15) is 5.10 Å². The van der Waals surface area contributed by atoms with Crippen molar-refractivity contribution in [3.05, 3.63) is 119 Å². The van der Waals surface area contributed by atoms with Gasteiger partial charge in [0.15, 0.2) is 0 Å². The molecule has 3 aromatic carbocycles. The van der Waals surface area contributed by atoms with E-state index in [9.17, 15) is 0 Å². The van der Waals surface area contributed by atoms with Crippen molar-refractivity contribution in [2.24, 2.45) is 11.8 Å². The van der Waals surface area contributed by atoms with E-state index in [0.29, 0.717) is 17.8 Å². The van der Waals surface area contributed by atoms with Crippen molar-refractivity contribution in [3.8, 4) is 23.0 Å². The Bertz CT molecular complexity index is 2260. The van der Waals surface area contributed by atoms with Crippen LogP contribution in [0.15, 0.2) is 90.6 Å². The van der Waals surface area contributed by atoms with Crippen molar-refractivity contribution < 1.29 is 4.74 Å². The third-order valence-corrected chi connectivity index (χ3v) is 11.1. The topological polar surface area (TPSA) is 44.9 Å². The molecule has 2 atom stereocenters. The van der Waals surface area contributed by atoms with E-state index in [1.54, 1.807) is 0 Å². The molecule has 270 valence electrons. The van der Waals surface area contributed by atoms with Gasteiger partial charge in [0, 0.05) is 46.3 Å². The van der Waals surface area contributed by atoms with Gasteiger partial charge in [-0.05, 0) is 117 Å². The van der Waals surface area contributed by atoms with Crippen LogP contribution in [0.4, 0.5) is 0 Å². The highest BCUT2D eigenvalue weighted by Gasteiger charge is 2.31. The summed E-state index contributed by atoms with van der Waals surface area (Å²) in [5, 5.41) is 7.72. The maximum atomic E-state index is 6.88. The second-order valence-electron chi connectivity index (χ2n) is 16.6. The number of nitrogens with zero attached hydrogens (tertiary/aromatic N) is 4. The molecule has 0 amide bonds. The van der Waals surface area contributed by atoms with E-state index in [1.165, 1.54) is 51.6 Å². The number of allylic oxidation sites excluding steroid dienone is 2. The first-order chi connectivity index (χ1) is 24.9. The van der Waals surface area contributed by atoms with E-state index < -0.39 is 0 Å². The summed E-state index contributed by atoms with van der Waals surface area (Å²) >= 11 is 0. The van der Waals surface area contributed by atoms with Crippen molar-refractivity contribution in [2.45, 2.75) is 112 Å². The Balaban J connectivity index is 1.35. The van der Waals surface area contributed by atoms with E-state index in [2.05, 4.69) is 150 Å². The zero-order valence-electron chi connectivity index (χ0n) is 32.8. The molecule has 3 aromatic heterocycles. The Morgan fingerprint density at radius 3 is 2.42 bits per heavy atom. The fourth-order valence-electron chi connectivity index (χ4n) is 8.32. The van der Waals surface area contributed by atoms with Crippen LogP contribution < -0.4 is 4.74 Å². The van der Waals surface area contributed by atoms with Gasteiger partial charge in [0.2, 0.25) is 0 Å². The molecule has 1 aliphatic carbocycles. The molecule has 0 spiro atoms. The van der Waals surface area contributed by atoms with Gasteiger partial charge in [-0.15, -0.1) is 0 Å². The maximum Gasteiger partial charge on any atom is 0.137 e. The first kappa shape index (κ1) is 35.7. The first-order valence-corrected chi connectivity index (χ1v) is 19.5. The highest BCUT2D eigenvalue weighted by Crippen LogP contribution is 2.43. The molecule has 0 bridgehead atoms. The average Bonchev–Trinajstić information content (AvgIpc) is 3.61. The number of hydrogen-bond donors (Lipinski definition) is 0. The van der Waals surface area contributed by atoms with E-state index in [4.69, 9.17) is 14.8 Å². The zero-order valence-corrected chi connectivity index (χ0v) is 32.8. The Labute approximate surface area is 310 Å². The molecule has 6 aromatic rings. The van der Waals surface area contributed by atoms with Crippen LogP contribution in [0.5, 0.6) is 11.5 Å². The molecular weight excluding hydrogens is 637 g/mol. The van der Waals surface area contributed by atoms with Gasteiger partial charge in [-0.3, -0.25) is 4.57 Å². The van der Waals surface area contributed by atoms with Gasteiger partial charge >= 0.3 is 0 Å². The minimum Gasteiger partial charge on any atom is -0.457 e. The third-order valence-electron chi connectivity index (χ3n) is 11.1. The van der Waals surface area contributed by atoms with Crippen molar-refractivity contribution in [1.29, 1.82) is 0 Å². The number of aromatic nitrogens is 4. The second kappa shape index (κ2) is 14.4. The van der Waals surface area contributed by atoms with Crippen LogP contribution in [0, 0.1) is 18.8 Å². The van der Waals surface area contributed by atoms with Crippen LogP contribution in [-0.4, -0.2) is 19.3 Å². The predicted octanol–water partition coefficient (Wildman–Crippen LogP) is 12.8. The number of hydrogen-bond acceptors (Lipinski definition) is 3. The fourth-order valence-corrected chi connectivity index (χ4v) is 8.32. The molecular formula is C47H56N4O. The summed E-state index contributed by atoms with van der Waals surface area (Å²) in [6.45, 7) is 20.6. The summed E-state index contributed by atoms with van der Waals surface area (Å²) in [5.74, 6) is 4.15. The molecule has 0 fully saturated rings. The lowest BCUT2D eigenvalue weighted by atomic mass is 9.75. The van der Waals surface area contributed by atoms with E-state index >= 15 is 0 Å². The summed E-state index contributed by atoms with van der Waals surface area (Å²) in [6.07, 6.45) is 11.0. The first-order valence-electron chi connectivity index (χ1n) is 19.5. The summed E-state index contributed by atoms with van der Waals surface area (Å²) in [5.41, 5.74) is 11.1. The van der Waals surface area contributed by atoms with Crippen molar-refractivity contribution in [2.75, 3.05) is 0 Å². The maximum absolute atomic E-state index is 6.88. The number of benzene rings is 3. The van der Waals surface area contributed by atoms with Gasteiger partial charge in [0.25, 0.3) is 0 Å². The Morgan fingerprint density at radius 1 is 0.885 bits per heavy atom. The molecule has 7 rings (SSSR count). The summed E-state index contributed by atoms with van der Waals surface area (Å²) < 4.78 is 11.4. The second-order valence-corrected chi connectivity index (χ2v) is 16.6. The Morgan fingerprint density at radius 2 is 1.67 bits per heavy atom. The molecule has 0 saturated heterocycles. The molecule has 0 saturated carbocycles. The number of aryl methyl sites for hydroxylation is 2. The van der Waals surface area contributed by atoms with Crippen LogP contribution in [-0.2, 0) is 18.3 Å². The lowest BCUT2D eigenvalue weighted by Gasteiger charge is -2.30. The smallest absolute Gasteiger partial charge is 0.137 e. The minimum atomic E-state index is -0.0833. The molecule has 0 aliphatic heterocycles. The summed E-state index contributed by atoms with van der Waals surface area (Å²) in [7, 11) is 0. The number of ether oxygens (including phenoxy) is 1. The number of rotatable bonds is 10. The predicted molar refractivity (Wildman–Crippen MR) is 218 cm³/mol. The van der Waals surface area contributed by atoms with Gasteiger partial charge in [-0.25, -0.2) is 9.67 Å².